The average molecular weight is 274 g/mol. The highest BCUT2D eigenvalue weighted by molar-refractivity contribution is 6.35. The number of nitrogens with one attached hydrogen (secondary N) is 1. The average Bonchev–Trinajstić information content (AvgIpc) is 3.05. The third-order valence-electron chi connectivity index (χ3n) is 3.30. The van der Waals surface area contributed by atoms with Crippen molar-refractivity contribution in [1.82, 2.24) is 5.32 Å². The van der Waals surface area contributed by atoms with E-state index in [0.29, 0.717) is 5.02 Å². The van der Waals surface area contributed by atoms with Crippen LogP contribution in [0.1, 0.15) is 18.4 Å². The Labute approximate surface area is 112 Å². The molecule has 1 aromatic carbocycles. The van der Waals surface area contributed by atoms with Crippen LogP contribution in [0.4, 0.5) is 0 Å². The van der Waals surface area contributed by atoms with Crippen LogP contribution in [0, 0.1) is 0 Å². The zero-order chi connectivity index (χ0) is 12.3. The maximum atomic E-state index is 6.26. The predicted octanol–water partition coefficient (Wildman–Crippen LogP) is 3.26. The maximum Gasteiger partial charge on any atom is 0.0587 e. The summed E-state index contributed by atoms with van der Waals surface area (Å²) < 4.78 is 5.02. The Morgan fingerprint density at radius 2 is 2.12 bits per heavy atom. The first-order valence-electron chi connectivity index (χ1n) is 5.83. The summed E-state index contributed by atoms with van der Waals surface area (Å²) in [6.07, 6.45) is 2.38. The molecule has 0 aliphatic heterocycles. The van der Waals surface area contributed by atoms with E-state index in [1.807, 2.05) is 12.1 Å². The molecule has 1 saturated carbocycles. The van der Waals surface area contributed by atoms with Gasteiger partial charge in [-0.15, -0.1) is 0 Å². The van der Waals surface area contributed by atoms with Crippen LogP contribution in [0.3, 0.4) is 0 Å². The topological polar surface area (TPSA) is 21.3 Å². The fraction of sp³-hybridized carbons (Fsp3) is 0.538. The molecule has 0 bridgehead atoms. The van der Waals surface area contributed by atoms with Crippen molar-refractivity contribution < 1.29 is 4.74 Å². The second-order valence-electron chi connectivity index (χ2n) is 4.57. The van der Waals surface area contributed by atoms with Crippen LogP contribution >= 0.6 is 23.2 Å². The van der Waals surface area contributed by atoms with Crippen LogP contribution in [0.25, 0.3) is 0 Å². The molecule has 1 N–H and O–H groups in total. The molecular weight excluding hydrogens is 257 g/mol. The Kier molecular flexibility index (Phi) is 4.31. The fourth-order valence-electron chi connectivity index (χ4n) is 2.11. The van der Waals surface area contributed by atoms with Gasteiger partial charge in [-0.25, -0.2) is 0 Å². The molecule has 0 radical (unpaired) electrons. The molecule has 0 amide bonds. The number of ether oxygens (including phenoxy) is 1. The minimum absolute atomic E-state index is 0.218. The minimum atomic E-state index is 0.218. The molecule has 1 aliphatic carbocycles. The monoisotopic (exact) mass is 273 g/mol. The molecule has 94 valence electrons. The zero-order valence-electron chi connectivity index (χ0n) is 9.93. The molecule has 1 fully saturated rings. The molecule has 0 aromatic heterocycles. The summed E-state index contributed by atoms with van der Waals surface area (Å²) in [7, 11) is 1.71. The molecule has 2 nitrogen and oxygen atoms in total. The number of rotatable bonds is 6. The lowest BCUT2D eigenvalue weighted by Crippen LogP contribution is -2.29. The Morgan fingerprint density at radius 3 is 2.71 bits per heavy atom. The maximum absolute atomic E-state index is 6.26. The van der Waals surface area contributed by atoms with E-state index in [2.05, 4.69) is 11.4 Å². The third kappa shape index (κ3) is 3.14. The highest BCUT2D eigenvalue weighted by Crippen LogP contribution is 2.50. The largest absolute Gasteiger partial charge is 0.383 e. The summed E-state index contributed by atoms with van der Waals surface area (Å²) in [5, 5.41) is 4.89. The second-order valence-corrected chi connectivity index (χ2v) is 5.42. The van der Waals surface area contributed by atoms with E-state index in [4.69, 9.17) is 27.9 Å². The van der Waals surface area contributed by atoms with Gasteiger partial charge in [0, 0.05) is 35.7 Å². The second kappa shape index (κ2) is 5.57. The Bertz CT molecular complexity index is 391. The van der Waals surface area contributed by atoms with Gasteiger partial charge in [-0.05, 0) is 30.5 Å². The predicted molar refractivity (Wildman–Crippen MR) is 72.1 cm³/mol. The van der Waals surface area contributed by atoms with Crippen LogP contribution in [-0.2, 0) is 10.2 Å². The summed E-state index contributed by atoms with van der Waals surface area (Å²) in [4.78, 5) is 0. The van der Waals surface area contributed by atoms with Crippen molar-refractivity contribution in [3.05, 3.63) is 33.8 Å². The van der Waals surface area contributed by atoms with Gasteiger partial charge in [0.25, 0.3) is 0 Å². The van der Waals surface area contributed by atoms with E-state index in [9.17, 15) is 0 Å². The van der Waals surface area contributed by atoms with Gasteiger partial charge in [-0.1, -0.05) is 29.3 Å². The first-order valence-corrected chi connectivity index (χ1v) is 6.59. The number of methoxy groups -OCH3 is 1. The lowest BCUT2D eigenvalue weighted by Gasteiger charge is -2.18. The van der Waals surface area contributed by atoms with Crippen molar-refractivity contribution in [1.29, 1.82) is 0 Å². The minimum Gasteiger partial charge on any atom is -0.383 e. The van der Waals surface area contributed by atoms with Gasteiger partial charge in [0.1, 0.15) is 0 Å². The van der Waals surface area contributed by atoms with Crippen molar-refractivity contribution in [3.8, 4) is 0 Å². The number of hydrogen-bond donors (Lipinski definition) is 1. The van der Waals surface area contributed by atoms with Crippen LogP contribution in [-0.4, -0.2) is 26.8 Å². The Balaban J connectivity index is 2.00. The summed E-state index contributed by atoms with van der Waals surface area (Å²) in [6, 6.07) is 5.79. The summed E-state index contributed by atoms with van der Waals surface area (Å²) in [6.45, 7) is 2.58. The van der Waals surface area contributed by atoms with Crippen LogP contribution in [0.15, 0.2) is 18.2 Å². The molecule has 1 aliphatic rings. The molecular formula is C13H17Cl2NO. The normalized spacial score (nSPS) is 17.1. The van der Waals surface area contributed by atoms with E-state index in [-0.39, 0.29) is 5.41 Å². The number of benzene rings is 1. The molecule has 2 rings (SSSR count). The smallest absolute Gasteiger partial charge is 0.0587 e. The van der Waals surface area contributed by atoms with Gasteiger partial charge in [0.2, 0.25) is 0 Å². The highest BCUT2D eigenvalue weighted by atomic mass is 35.5. The molecule has 17 heavy (non-hydrogen) atoms. The van der Waals surface area contributed by atoms with Crippen molar-refractivity contribution in [2.24, 2.45) is 0 Å². The first kappa shape index (κ1) is 13.2. The fourth-order valence-corrected chi connectivity index (χ4v) is 2.72. The van der Waals surface area contributed by atoms with Crippen LogP contribution in [0.2, 0.25) is 10.0 Å². The Morgan fingerprint density at radius 1 is 1.35 bits per heavy atom. The van der Waals surface area contributed by atoms with Gasteiger partial charge < -0.3 is 10.1 Å². The van der Waals surface area contributed by atoms with E-state index in [1.54, 1.807) is 7.11 Å². The van der Waals surface area contributed by atoms with Crippen molar-refractivity contribution in [3.63, 3.8) is 0 Å². The Hall–Kier alpha value is -0.280. The lowest BCUT2D eigenvalue weighted by atomic mass is 9.96. The van der Waals surface area contributed by atoms with Gasteiger partial charge in [-0.3, -0.25) is 0 Å². The van der Waals surface area contributed by atoms with E-state index in [0.717, 1.165) is 24.7 Å². The van der Waals surface area contributed by atoms with Crippen LogP contribution in [0.5, 0.6) is 0 Å². The first-order chi connectivity index (χ1) is 8.18. The van der Waals surface area contributed by atoms with Crippen molar-refractivity contribution in [2.45, 2.75) is 18.3 Å². The standard InChI is InChI=1S/C13H17Cl2NO/c1-17-7-6-16-9-13(4-5-13)11-3-2-10(14)8-12(11)15/h2-3,8,16H,4-7,9H2,1H3. The van der Waals surface area contributed by atoms with E-state index >= 15 is 0 Å². The van der Waals surface area contributed by atoms with Crippen LogP contribution < -0.4 is 5.32 Å². The van der Waals surface area contributed by atoms with Gasteiger partial charge in [-0.2, -0.15) is 0 Å². The third-order valence-corrected chi connectivity index (χ3v) is 3.85. The van der Waals surface area contributed by atoms with E-state index in [1.165, 1.54) is 18.4 Å². The van der Waals surface area contributed by atoms with E-state index < -0.39 is 0 Å². The summed E-state index contributed by atoms with van der Waals surface area (Å²) in [5.41, 5.74) is 1.43. The quantitative estimate of drug-likeness (QED) is 0.804. The number of hydrogen-bond acceptors (Lipinski definition) is 2. The SMILES string of the molecule is COCCNCC1(c2ccc(Cl)cc2Cl)CC1. The van der Waals surface area contributed by atoms with Crippen molar-refractivity contribution >= 4 is 23.2 Å². The zero-order valence-corrected chi connectivity index (χ0v) is 11.4. The molecule has 1 aromatic rings. The number of halogens is 2. The molecule has 4 heteroatoms. The summed E-state index contributed by atoms with van der Waals surface area (Å²) in [5.74, 6) is 0. The molecule has 0 spiro atoms. The lowest BCUT2D eigenvalue weighted by molar-refractivity contribution is 0.198. The highest BCUT2D eigenvalue weighted by Gasteiger charge is 2.44. The van der Waals surface area contributed by atoms with Gasteiger partial charge in [0.15, 0.2) is 0 Å². The molecule has 0 unspecified atom stereocenters. The molecule has 0 atom stereocenters. The molecule has 0 saturated heterocycles. The van der Waals surface area contributed by atoms with Crippen molar-refractivity contribution in [2.75, 3.05) is 26.8 Å². The van der Waals surface area contributed by atoms with Gasteiger partial charge >= 0.3 is 0 Å². The van der Waals surface area contributed by atoms with Gasteiger partial charge in [0.05, 0.1) is 6.61 Å². The summed E-state index contributed by atoms with van der Waals surface area (Å²) >= 11 is 12.2. The molecule has 0 heterocycles.